The fraction of sp³-hybridized carbons (Fsp3) is 0.222. The van der Waals surface area contributed by atoms with Crippen LogP contribution in [0.4, 0.5) is 0 Å². The average molecular weight is 423 g/mol. The SMILES string of the molecule is [Mg+2].[Mg+2].[Mg+2].[O-]B([O-])[O-].[O-]B([O-])[O-].c1ccc2c(c1)ccc1c3c(ccc12)CCCC3. The second-order valence-electron chi connectivity index (χ2n) is 5.87. The first kappa shape index (κ1) is 31.6. The van der Waals surface area contributed by atoms with Crippen molar-refractivity contribution in [1.29, 1.82) is 0 Å². The molecule has 3 aromatic rings. The zero-order valence-corrected chi connectivity index (χ0v) is 20.4. The number of hydrogen-bond acceptors (Lipinski definition) is 6. The molecule has 0 N–H and O–H groups in total. The van der Waals surface area contributed by atoms with Crippen LogP contribution in [0.1, 0.15) is 24.0 Å². The third kappa shape index (κ3) is 10.0. The molecule has 0 aliphatic heterocycles. The fourth-order valence-electron chi connectivity index (χ4n) is 3.34. The van der Waals surface area contributed by atoms with Gasteiger partial charge in [0, 0.05) is 0 Å². The molecule has 0 atom stereocenters. The monoisotopic (exact) mass is 422 g/mol. The van der Waals surface area contributed by atoms with Crippen LogP contribution in [0.15, 0.2) is 48.5 Å². The van der Waals surface area contributed by atoms with Gasteiger partial charge in [-0.25, -0.2) is 0 Å². The van der Waals surface area contributed by atoms with Gasteiger partial charge < -0.3 is 30.1 Å². The Morgan fingerprint density at radius 1 is 0.552 bits per heavy atom. The summed E-state index contributed by atoms with van der Waals surface area (Å²) in [5, 5.41) is 56.1. The van der Waals surface area contributed by atoms with Gasteiger partial charge in [-0.3, -0.25) is 14.6 Å². The Hall–Kier alpha value is 0.369. The van der Waals surface area contributed by atoms with Crippen LogP contribution in [-0.4, -0.2) is 83.8 Å². The van der Waals surface area contributed by atoms with E-state index in [2.05, 4.69) is 48.5 Å². The van der Waals surface area contributed by atoms with Crippen molar-refractivity contribution in [3.05, 3.63) is 59.7 Å². The number of rotatable bonds is 0. The molecule has 1 aliphatic carbocycles. The van der Waals surface area contributed by atoms with Gasteiger partial charge in [0.25, 0.3) is 0 Å². The number of aryl methyl sites for hydroxylation is 2. The molecule has 1 aliphatic rings. The molecular formula is C18H16B2Mg3O6. The van der Waals surface area contributed by atoms with Crippen LogP contribution in [0.3, 0.4) is 0 Å². The molecule has 29 heavy (non-hydrogen) atoms. The Labute approximate surface area is 219 Å². The van der Waals surface area contributed by atoms with Crippen LogP contribution in [0.25, 0.3) is 21.5 Å². The molecule has 6 nitrogen and oxygen atoms in total. The molecule has 0 fully saturated rings. The third-order valence-electron chi connectivity index (χ3n) is 4.26. The second-order valence-corrected chi connectivity index (χ2v) is 5.87. The fourth-order valence-corrected chi connectivity index (χ4v) is 3.34. The summed E-state index contributed by atoms with van der Waals surface area (Å²) in [6, 6.07) is 18.0. The van der Waals surface area contributed by atoms with Crippen molar-refractivity contribution in [1.82, 2.24) is 0 Å². The summed E-state index contributed by atoms with van der Waals surface area (Å²) in [7, 11) is -5.83. The average Bonchev–Trinajstić information content (AvgIpc) is 2.60. The van der Waals surface area contributed by atoms with Crippen LogP contribution in [-0.2, 0) is 12.8 Å². The summed E-state index contributed by atoms with van der Waals surface area (Å²) >= 11 is 0. The molecule has 0 radical (unpaired) electrons. The van der Waals surface area contributed by atoms with Crippen molar-refractivity contribution < 1.29 is 30.1 Å². The van der Waals surface area contributed by atoms with Crippen molar-refractivity contribution in [3.63, 3.8) is 0 Å². The summed E-state index contributed by atoms with van der Waals surface area (Å²) in [6.07, 6.45) is 5.22. The van der Waals surface area contributed by atoms with Crippen molar-refractivity contribution in [3.8, 4) is 0 Å². The molecule has 0 aromatic heterocycles. The van der Waals surface area contributed by atoms with Gasteiger partial charge in [-0.15, -0.1) is 0 Å². The minimum absolute atomic E-state index is 0. The minimum atomic E-state index is -2.92. The van der Waals surface area contributed by atoms with E-state index in [0.717, 1.165) is 0 Å². The minimum Gasteiger partial charge on any atom is -0.907 e. The van der Waals surface area contributed by atoms with Gasteiger partial charge in [-0.05, 0) is 58.4 Å². The van der Waals surface area contributed by atoms with Crippen molar-refractivity contribution in [2.24, 2.45) is 0 Å². The van der Waals surface area contributed by atoms with Crippen LogP contribution < -0.4 is 30.1 Å². The summed E-state index contributed by atoms with van der Waals surface area (Å²) in [5.41, 5.74) is 3.17. The van der Waals surface area contributed by atoms with Gasteiger partial charge in [0.15, 0.2) is 0 Å². The molecular weight excluding hydrogens is 407 g/mol. The number of hydrogen-bond donors (Lipinski definition) is 0. The maximum atomic E-state index is 8.42. The summed E-state index contributed by atoms with van der Waals surface area (Å²) < 4.78 is 0. The van der Waals surface area contributed by atoms with E-state index in [9.17, 15) is 0 Å². The molecule has 0 amide bonds. The van der Waals surface area contributed by atoms with Crippen LogP contribution in [0.2, 0.25) is 0 Å². The molecule has 3 aromatic carbocycles. The first-order valence-electron chi connectivity index (χ1n) is 8.27. The second kappa shape index (κ2) is 16.1. The van der Waals surface area contributed by atoms with Crippen LogP contribution in [0, 0.1) is 0 Å². The molecule has 0 bridgehead atoms. The Morgan fingerprint density at radius 3 is 1.69 bits per heavy atom. The Balaban J connectivity index is 0. The van der Waals surface area contributed by atoms with Crippen molar-refractivity contribution in [2.45, 2.75) is 25.7 Å². The largest absolute Gasteiger partial charge is 2.00 e. The maximum absolute atomic E-state index is 8.42. The number of benzene rings is 3. The first-order chi connectivity index (χ1) is 12.4. The van der Waals surface area contributed by atoms with E-state index in [0.29, 0.717) is 0 Å². The zero-order chi connectivity index (χ0) is 19.1. The topological polar surface area (TPSA) is 138 Å². The zero-order valence-electron chi connectivity index (χ0n) is 16.2. The van der Waals surface area contributed by atoms with Gasteiger partial charge in [0.1, 0.15) is 0 Å². The Bertz CT molecular complexity index is 856. The van der Waals surface area contributed by atoms with Gasteiger partial charge in [-0.1, -0.05) is 48.5 Å². The Morgan fingerprint density at radius 2 is 1.07 bits per heavy atom. The summed E-state index contributed by atoms with van der Waals surface area (Å²) in [5.74, 6) is 0. The smallest absolute Gasteiger partial charge is 0.907 e. The van der Waals surface area contributed by atoms with Gasteiger partial charge in [-0.2, -0.15) is 0 Å². The van der Waals surface area contributed by atoms with E-state index < -0.39 is 14.6 Å². The molecule has 0 heterocycles. The van der Waals surface area contributed by atoms with Crippen molar-refractivity contribution >= 4 is 105 Å². The van der Waals surface area contributed by atoms with E-state index in [1.54, 1.807) is 11.1 Å². The molecule has 4 rings (SSSR count). The van der Waals surface area contributed by atoms with Gasteiger partial charge in [0.2, 0.25) is 0 Å². The maximum Gasteiger partial charge on any atom is 2.00 e. The third-order valence-corrected chi connectivity index (χ3v) is 4.26. The van der Waals surface area contributed by atoms with Crippen LogP contribution in [0.5, 0.6) is 0 Å². The predicted octanol–water partition coefficient (Wildman–Crippen LogP) is -4.17. The summed E-state index contributed by atoms with van der Waals surface area (Å²) in [6.45, 7) is 0. The number of fused-ring (bicyclic) bond motifs is 5. The van der Waals surface area contributed by atoms with Crippen molar-refractivity contribution in [2.75, 3.05) is 0 Å². The van der Waals surface area contributed by atoms with E-state index in [4.69, 9.17) is 30.1 Å². The van der Waals surface area contributed by atoms with E-state index in [1.807, 2.05) is 0 Å². The quantitative estimate of drug-likeness (QED) is 0.266. The normalized spacial score (nSPS) is 11.1. The standard InChI is InChI=1S/C18H16.2BO3.3Mg/c1-3-7-15-13(5-1)9-11-18-16-8-4-2-6-14(16)10-12-17(15)18;2*2-1(3)4;;;/h1,3,5,7,9-12H,2,4,6,8H2;;;;;/q;2*-3;3*+2. The predicted molar refractivity (Wildman–Crippen MR) is 107 cm³/mol. The van der Waals surface area contributed by atoms with E-state index in [1.165, 1.54) is 47.2 Å². The molecule has 0 saturated heterocycles. The van der Waals surface area contributed by atoms with E-state index >= 15 is 0 Å². The van der Waals surface area contributed by atoms with E-state index in [-0.39, 0.29) is 69.2 Å². The molecule has 0 saturated carbocycles. The van der Waals surface area contributed by atoms with Gasteiger partial charge >= 0.3 is 69.2 Å². The van der Waals surface area contributed by atoms with Crippen LogP contribution >= 0.6 is 0 Å². The van der Waals surface area contributed by atoms with Gasteiger partial charge in [0.05, 0.1) is 0 Å². The Kier molecular flexibility index (Phi) is 17.5. The molecule has 0 spiro atoms. The molecule has 0 unspecified atom stereocenters. The first-order valence-corrected chi connectivity index (χ1v) is 8.27. The molecule has 136 valence electrons. The summed E-state index contributed by atoms with van der Waals surface area (Å²) in [4.78, 5) is 0. The molecule has 11 heteroatoms.